The van der Waals surface area contributed by atoms with Gasteiger partial charge in [0.15, 0.2) is 0 Å². The molecule has 0 aromatic heterocycles. The first-order chi connectivity index (χ1) is 6.63. The molecule has 0 spiro atoms. The summed E-state index contributed by atoms with van der Waals surface area (Å²) in [5.41, 5.74) is 0.906. The minimum atomic E-state index is 0.367. The summed E-state index contributed by atoms with van der Waals surface area (Å²) >= 11 is 0. The Morgan fingerprint density at radius 1 is 1.64 bits per heavy atom. The third kappa shape index (κ3) is 2.74. The van der Waals surface area contributed by atoms with Gasteiger partial charge in [0.2, 0.25) is 0 Å². The van der Waals surface area contributed by atoms with Gasteiger partial charge in [-0.2, -0.15) is 0 Å². The normalized spacial score (nSPS) is 18.7. The average Bonchev–Trinajstić information content (AvgIpc) is 2.09. The molecule has 1 rings (SSSR count). The molecule has 1 aliphatic heterocycles. The number of nitrogens with two attached hydrogens (primary N) is 1. The molecule has 0 fully saturated rings. The number of hydrazine groups is 1. The van der Waals surface area contributed by atoms with Crippen LogP contribution in [0, 0.1) is 0 Å². The molecule has 0 atom stereocenters. The van der Waals surface area contributed by atoms with Gasteiger partial charge in [-0.05, 0) is 19.9 Å². The summed E-state index contributed by atoms with van der Waals surface area (Å²) in [6.07, 6.45) is 6.95. The van der Waals surface area contributed by atoms with Crippen molar-refractivity contribution < 1.29 is 0 Å². The van der Waals surface area contributed by atoms with E-state index >= 15 is 0 Å². The first-order valence-electron chi connectivity index (χ1n) is 4.52. The molecule has 3 N–H and O–H groups in total. The van der Waals surface area contributed by atoms with Crippen LogP contribution in [-0.2, 0) is 0 Å². The number of nitrogens with one attached hydrogen (secondary N) is 1. The predicted octanol–water partition coefficient (Wildman–Crippen LogP) is 1.11. The molecule has 4 heteroatoms. The molecular weight excluding hydrogens is 176 g/mol. The number of hydrogen-bond acceptors (Lipinski definition) is 4. The van der Waals surface area contributed by atoms with Crippen LogP contribution in [0.4, 0.5) is 0 Å². The topological polar surface area (TPSA) is 53.7 Å². The molecule has 0 radical (unpaired) electrons. The second-order valence-electron chi connectivity index (χ2n) is 3.31. The Labute approximate surface area is 84.5 Å². The Kier molecular flexibility index (Phi) is 3.48. The van der Waals surface area contributed by atoms with E-state index < -0.39 is 0 Å². The molecule has 1 heterocycles. The predicted molar refractivity (Wildman–Crippen MR) is 59.2 cm³/mol. The highest BCUT2D eigenvalue weighted by Crippen LogP contribution is 2.08. The Bertz CT molecular complexity index is 299. The van der Waals surface area contributed by atoms with Crippen LogP contribution in [0.1, 0.15) is 13.8 Å². The van der Waals surface area contributed by atoms with E-state index in [0.717, 1.165) is 5.70 Å². The van der Waals surface area contributed by atoms with Crippen molar-refractivity contribution in [1.82, 2.24) is 10.3 Å². The van der Waals surface area contributed by atoms with Gasteiger partial charge in [-0.3, -0.25) is 5.01 Å². The fraction of sp³-hybridized carbons (Fsp3) is 0.300. The van der Waals surface area contributed by atoms with Crippen LogP contribution in [0.5, 0.6) is 0 Å². The summed E-state index contributed by atoms with van der Waals surface area (Å²) in [5.74, 6) is 6.39. The Balaban J connectivity index is 2.71. The fourth-order valence-electron chi connectivity index (χ4n) is 1.09. The van der Waals surface area contributed by atoms with Crippen LogP contribution in [0.15, 0.2) is 41.4 Å². The van der Waals surface area contributed by atoms with Gasteiger partial charge >= 0.3 is 0 Å². The molecule has 0 unspecified atom stereocenters. The highest BCUT2D eigenvalue weighted by atomic mass is 15.4. The largest absolute Gasteiger partial charge is 0.380 e. The zero-order valence-corrected chi connectivity index (χ0v) is 8.57. The van der Waals surface area contributed by atoms with Crippen molar-refractivity contribution in [2.75, 3.05) is 0 Å². The Morgan fingerprint density at radius 3 is 2.86 bits per heavy atom. The van der Waals surface area contributed by atoms with Crippen LogP contribution in [0.3, 0.4) is 0 Å². The van der Waals surface area contributed by atoms with E-state index in [2.05, 4.69) is 30.7 Å². The maximum absolute atomic E-state index is 5.72. The highest BCUT2D eigenvalue weighted by Gasteiger charge is 2.07. The van der Waals surface area contributed by atoms with Crippen molar-refractivity contribution in [3.63, 3.8) is 0 Å². The molecule has 1 aliphatic rings. The Hall–Kier alpha value is -1.55. The summed E-state index contributed by atoms with van der Waals surface area (Å²) in [7, 11) is 0. The van der Waals surface area contributed by atoms with E-state index in [1.165, 1.54) is 5.01 Å². The highest BCUT2D eigenvalue weighted by molar-refractivity contribution is 5.79. The minimum absolute atomic E-state index is 0.367. The van der Waals surface area contributed by atoms with Gasteiger partial charge in [0, 0.05) is 12.2 Å². The summed E-state index contributed by atoms with van der Waals surface area (Å²) in [5, 5.41) is 4.68. The maximum Gasteiger partial charge on any atom is 0.146 e. The molecule has 0 saturated heterocycles. The average molecular weight is 192 g/mol. The van der Waals surface area contributed by atoms with E-state index in [4.69, 9.17) is 5.84 Å². The second-order valence-corrected chi connectivity index (χ2v) is 3.31. The molecule has 0 bridgehead atoms. The molecule has 0 aromatic carbocycles. The lowest BCUT2D eigenvalue weighted by molar-refractivity contribution is 0.473. The molecule has 14 heavy (non-hydrogen) atoms. The number of hydrogen-bond donors (Lipinski definition) is 2. The third-order valence-corrected chi connectivity index (χ3v) is 1.60. The van der Waals surface area contributed by atoms with Crippen molar-refractivity contribution in [1.29, 1.82) is 0 Å². The van der Waals surface area contributed by atoms with Crippen molar-refractivity contribution >= 4 is 6.21 Å². The molecule has 0 aliphatic carbocycles. The zero-order valence-electron chi connectivity index (χ0n) is 8.57. The van der Waals surface area contributed by atoms with Gasteiger partial charge in [-0.15, -0.1) is 0 Å². The quantitative estimate of drug-likeness (QED) is 0.659. The lowest BCUT2D eigenvalue weighted by Crippen LogP contribution is -2.32. The van der Waals surface area contributed by atoms with Crippen LogP contribution in [0.25, 0.3) is 0 Å². The molecular formula is C10H16N4. The number of nitrogens with zero attached hydrogens (tertiary/aromatic N) is 2. The summed E-state index contributed by atoms with van der Waals surface area (Å²) in [6.45, 7) is 7.71. The van der Waals surface area contributed by atoms with E-state index in [0.29, 0.717) is 11.9 Å². The number of rotatable bonds is 3. The van der Waals surface area contributed by atoms with E-state index in [9.17, 15) is 0 Å². The van der Waals surface area contributed by atoms with Crippen molar-refractivity contribution in [3.05, 3.63) is 36.4 Å². The maximum atomic E-state index is 5.72. The number of aliphatic imine (C=N–C) groups is 1. The minimum Gasteiger partial charge on any atom is -0.380 e. The van der Waals surface area contributed by atoms with E-state index in [1.54, 1.807) is 24.6 Å². The second kappa shape index (κ2) is 4.62. The monoisotopic (exact) mass is 192 g/mol. The molecule has 0 aromatic rings. The van der Waals surface area contributed by atoms with Crippen LogP contribution in [-0.4, -0.2) is 17.3 Å². The molecule has 0 amide bonds. The van der Waals surface area contributed by atoms with Gasteiger partial charge in [0.05, 0.1) is 11.9 Å². The van der Waals surface area contributed by atoms with Crippen molar-refractivity contribution in [3.8, 4) is 0 Å². The van der Waals surface area contributed by atoms with Gasteiger partial charge in [0.25, 0.3) is 0 Å². The first kappa shape index (κ1) is 10.5. The lowest BCUT2D eigenvalue weighted by atomic mass is 10.3. The lowest BCUT2D eigenvalue weighted by Gasteiger charge is -2.21. The zero-order chi connectivity index (χ0) is 10.6. The van der Waals surface area contributed by atoms with E-state index in [-0.39, 0.29) is 0 Å². The van der Waals surface area contributed by atoms with Crippen LogP contribution < -0.4 is 11.2 Å². The molecule has 0 saturated carbocycles. The Morgan fingerprint density at radius 2 is 2.36 bits per heavy atom. The molecule has 4 nitrogen and oxygen atoms in total. The standard InChI is InChI=1S/C10H16N4/c1-4-5-10-12-6-9(7-14(10)11)13-8(2)3/h4-8,13H,1,11H2,2-3H3/b10-5-. The van der Waals surface area contributed by atoms with E-state index in [1.807, 2.05) is 0 Å². The summed E-state index contributed by atoms with van der Waals surface area (Å²) in [6, 6.07) is 0.367. The van der Waals surface area contributed by atoms with Crippen LogP contribution in [0.2, 0.25) is 0 Å². The fourth-order valence-corrected chi connectivity index (χ4v) is 1.09. The van der Waals surface area contributed by atoms with Crippen molar-refractivity contribution in [2.45, 2.75) is 19.9 Å². The first-order valence-corrected chi connectivity index (χ1v) is 4.52. The van der Waals surface area contributed by atoms with Gasteiger partial charge in [-0.1, -0.05) is 12.7 Å². The smallest absolute Gasteiger partial charge is 0.146 e. The number of allylic oxidation sites excluding steroid dienone is 3. The summed E-state index contributed by atoms with van der Waals surface area (Å²) in [4.78, 5) is 4.17. The third-order valence-electron chi connectivity index (χ3n) is 1.60. The summed E-state index contributed by atoms with van der Waals surface area (Å²) < 4.78 is 0. The SMILES string of the molecule is C=C/C=C1/N=CC(NC(C)C)=CN1N. The van der Waals surface area contributed by atoms with Gasteiger partial charge in [-0.25, -0.2) is 10.8 Å². The van der Waals surface area contributed by atoms with Gasteiger partial charge in [0.1, 0.15) is 5.82 Å². The van der Waals surface area contributed by atoms with Gasteiger partial charge < -0.3 is 5.32 Å². The van der Waals surface area contributed by atoms with Crippen LogP contribution >= 0.6 is 0 Å². The van der Waals surface area contributed by atoms with Crippen molar-refractivity contribution in [2.24, 2.45) is 10.8 Å². The molecule has 76 valence electrons.